The maximum atomic E-state index is 14.5. The Morgan fingerprint density at radius 2 is 1.86 bits per heavy atom. The van der Waals surface area contributed by atoms with E-state index in [4.69, 9.17) is 5.73 Å². The number of nitrogen functional groups attached to an aromatic ring is 1. The number of halogens is 3. The molecule has 0 fully saturated rings. The Morgan fingerprint density at radius 3 is 2.43 bits per heavy atom. The Hall–Kier alpha value is -3.89. The third-order valence-electron chi connectivity index (χ3n) is 4.19. The van der Waals surface area contributed by atoms with Crippen molar-refractivity contribution in [3.05, 3.63) is 73.3 Å². The van der Waals surface area contributed by atoms with Crippen LogP contribution in [0.5, 0.6) is 0 Å². The molecule has 1 heterocycles. The number of carbonyl (C=O) groups is 1. The van der Waals surface area contributed by atoms with Gasteiger partial charge in [-0.15, -0.1) is 0 Å². The molecule has 0 saturated carbocycles. The van der Waals surface area contributed by atoms with Crippen molar-refractivity contribution in [3.63, 3.8) is 0 Å². The lowest BCUT2D eigenvalue weighted by molar-refractivity contribution is -0.387. The van der Waals surface area contributed by atoms with E-state index in [1.807, 2.05) is 0 Å². The molecule has 0 aliphatic rings. The van der Waals surface area contributed by atoms with Gasteiger partial charge in [-0.3, -0.25) is 14.9 Å². The van der Waals surface area contributed by atoms with Crippen molar-refractivity contribution in [3.8, 4) is 5.69 Å². The summed E-state index contributed by atoms with van der Waals surface area (Å²) in [6.45, 7) is 1.10. The molecule has 2 aromatic carbocycles. The van der Waals surface area contributed by atoms with Crippen molar-refractivity contribution < 1.29 is 28.0 Å². The molecule has 0 saturated heterocycles. The number of aromatic nitrogens is 1. The molecule has 0 spiro atoms. The second-order valence-electron chi connectivity index (χ2n) is 5.86. The van der Waals surface area contributed by atoms with Gasteiger partial charge in [0, 0.05) is 23.9 Å². The summed E-state index contributed by atoms with van der Waals surface area (Å²) in [7, 11) is 0. The molecule has 0 aliphatic heterocycles. The molecule has 3 N–H and O–H groups in total. The monoisotopic (exact) mass is 393 g/mol. The second kappa shape index (κ2) is 6.37. The highest BCUT2D eigenvalue weighted by atomic mass is 19.1. The van der Waals surface area contributed by atoms with Crippen LogP contribution in [0.2, 0.25) is 0 Å². The number of carboxylic acid groups (broad SMARTS) is 1. The van der Waals surface area contributed by atoms with Crippen molar-refractivity contribution in [2.24, 2.45) is 0 Å². The van der Waals surface area contributed by atoms with E-state index in [9.17, 15) is 38.0 Å². The van der Waals surface area contributed by atoms with Crippen LogP contribution < -0.4 is 11.2 Å². The SMILES string of the molecule is Cc1c(F)c([N+](=O)[O-])cc2c(=O)c(C(=O)O)cn(-c3cc(N)c(F)cc3F)c12. The van der Waals surface area contributed by atoms with Crippen LogP contribution in [0.3, 0.4) is 0 Å². The van der Waals surface area contributed by atoms with Crippen LogP contribution in [0, 0.1) is 34.5 Å². The summed E-state index contributed by atoms with van der Waals surface area (Å²) in [5.41, 5.74) is 0.737. The number of rotatable bonds is 3. The number of nitrogens with two attached hydrogens (primary N) is 1. The molecule has 8 nitrogen and oxygen atoms in total. The first-order chi connectivity index (χ1) is 13.0. The van der Waals surface area contributed by atoms with Gasteiger partial charge in [0.2, 0.25) is 11.2 Å². The van der Waals surface area contributed by atoms with Crippen molar-refractivity contribution in [1.29, 1.82) is 0 Å². The molecule has 1 aromatic heterocycles. The number of carboxylic acids is 1. The van der Waals surface area contributed by atoms with Gasteiger partial charge in [-0.25, -0.2) is 13.6 Å². The summed E-state index contributed by atoms with van der Waals surface area (Å²) >= 11 is 0. The lowest BCUT2D eigenvalue weighted by Gasteiger charge is -2.16. The zero-order valence-corrected chi connectivity index (χ0v) is 14.0. The number of fused-ring (bicyclic) bond motifs is 1. The first kappa shape index (κ1) is 18.9. The van der Waals surface area contributed by atoms with Crippen LogP contribution in [0.4, 0.5) is 24.5 Å². The van der Waals surface area contributed by atoms with Crippen LogP contribution in [0.15, 0.2) is 29.2 Å². The van der Waals surface area contributed by atoms with Crippen LogP contribution in [-0.4, -0.2) is 20.6 Å². The number of pyridine rings is 1. The first-order valence-corrected chi connectivity index (χ1v) is 7.55. The van der Waals surface area contributed by atoms with Gasteiger partial charge >= 0.3 is 11.7 Å². The Morgan fingerprint density at radius 1 is 1.21 bits per heavy atom. The maximum absolute atomic E-state index is 14.5. The van der Waals surface area contributed by atoms with Gasteiger partial charge < -0.3 is 15.4 Å². The number of hydrogen-bond donors (Lipinski definition) is 2. The van der Waals surface area contributed by atoms with Gasteiger partial charge in [0.05, 0.1) is 27.2 Å². The van der Waals surface area contributed by atoms with E-state index in [2.05, 4.69) is 0 Å². The molecule has 0 bridgehead atoms. The molecule has 3 aromatic rings. The molecule has 0 aliphatic carbocycles. The molecule has 0 atom stereocenters. The van der Waals surface area contributed by atoms with Crippen LogP contribution in [-0.2, 0) is 0 Å². The summed E-state index contributed by atoms with van der Waals surface area (Å²) < 4.78 is 43.1. The first-order valence-electron chi connectivity index (χ1n) is 7.55. The normalized spacial score (nSPS) is 11.0. The summed E-state index contributed by atoms with van der Waals surface area (Å²) in [6, 6.07) is 1.85. The molecule has 0 radical (unpaired) electrons. The molecule has 11 heteroatoms. The van der Waals surface area contributed by atoms with E-state index >= 15 is 0 Å². The highest BCUT2D eigenvalue weighted by Crippen LogP contribution is 2.31. The van der Waals surface area contributed by atoms with Crippen molar-refractivity contribution in [1.82, 2.24) is 4.57 Å². The smallest absolute Gasteiger partial charge is 0.341 e. The van der Waals surface area contributed by atoms with Crippen LogP contribution in [0.25, 0.3) is 16.6 Å². The minimum atomic E-state index is -1.69. The maximum Gasteiger partial charge on any atom is 0.341 e. The molecule has 3 rings (SSSR count). The summed E-state index contributed by atoms with van der Waals surface area (Å²) in [4.78, 5) is 33.9. The number of aromatic carboxylic acids is 1. The Labute approximate surface area is 153 Å². The second-order valence-corrected chi connectivity index (χ2v) is 5.86. The summed E-state index contributed by atoms with van der Waals surface area (Å²) in [5, 5.41) is 19.8. The van der Waals surface area contributed by atoms with Gasteiger partial charge in [0.1, 0.15) is 17.2 Å². The third-order valence-corrected chi connectivity index (χ3v) is 4.19. The van der Waals surface area contributed by atoms with E-state index in [1.165, 1.54) is 0 Å². The predicted octanol–water partition coefficient (Wildman–Crippen LogP) is 2.91. The average molecular weight is 393 g/mol. The zero-order chi connectivity index (χ0) is 20.9. The third kappa shape index (κ3) is 2.73. The van der Waals surface area contributed by atoms with Crippen LogP contribution in [0.1, 0.15) is 15.9 Å². The number of nitro benzene ring substituents is 1. The number of nitro groups is 1. The average Bonchev–Trinajstić information content (AvgIpc) is 2.61. The van der Waals surface area contributed by atoms with E-state index in [1.54, 1.807) is 0 Å². The van der Waals surface area contributed by atoms with E-state index in [-0.39, 0.29) is 5.52 Å². The van der Waals surface area contributed by atoms with Crippen molar-refractivity contribution in [2.45, 2.75) is 6.92 Å². The molecule has 0 amide bonds. The minimum absolute atomic E-state index is 0.317. The predicted molar refractivity (Wildman–Crippen MR) is 92.2 cm³/mol. The molecular formula is C17H10F3N3O5. The van der Waals surface area contributed by atoms with Gasteiger partial charge in [-0.1, -0.05) is 0 Å². The number of benzene rings is 2. The Kier molecular flexibility index (Phi) is 4.30. The summed E-state index contributed by atoms with van der Waals surface area (Å²) in [5.74, 6) is -5.24. The van der Waals surface area contributed by atoms with E-state index in [0.29, 0.717) is 12.1 Å². The van der Waals surface area contributed by atoms with Crippen LogP contribution >= 0.6 is 0 Å². The molecular weight excluding hydrogens is 383 g/mol. The Balaban J connectivity index is 2.60. The highest BCUT2D eigenvalue weighted by molar-refractivity contribution is 5.95. The minimum Gasteiger partial charge on any atom is -0.477 e. The fraction of sp³-hybridized carbons (Fsp3) is 0.0588. The fourth-order valence-electron chi connectivity index (χ4n) is 2.86. The molecule has 0 unspecified atom stereocenters. The van der Waals surface area contributed by atoms with Gasteiger partial charge in [0.25, 0.3) is 0 Å². The lowest BCUT2D eigenvalue weighted by Crippen LogP contribution is -2.20. The Bertz CT molecular complexity index is 1250. The number of nitrogens with zero attached hydrogens (tertiary/aromatic N) is 2. The topological polar surface area (TPSA) is 128 Å². The quantitative estimate of drug-likeness (QED) is 0.400. The fourth-order valence-corrected chi connectivity index (χ4v) is 2.86. The number of aryl methyl sites for hydroxylation is 1. The molecule has 28 heavy (non-hydrogen) atoms. The van der Waals surface area contributed by atoms with Gasteiger partial charge in [-0.2, -0.15) is 4.39 Å². The van der Waals surface area contributed by atoms with Crippen molar-refractivity contribution >= 4 is 28.2 Å². The lowest BCUT2D eigenvalue weighted by atomic mass is 10.0. The molecule has 144 valence electrons. The zero-order valence-electron chi connectivity index (χ0n) is 14.0. The van der Waals surface area contributed by atoms with Gasteiger partial charge in [-0.05, 0) is 13.0 Å². The summed E-state index contributed by atoms with van der Waals surface area (Å²) in [6.07, 6.45) is 0.723. The standard InChI is InChI=1S/C17H10F3N3O5/c1-6-14(20)13(23(27)28)2-7-15(6)22(5-8(16(7)24)17(25)26)12-4-11(21)9(18)3-10(12)19/h2-5H,21H2,1H3,(H,25,26). The largest absolute Gasteiger partial charge is 0.477 e. The number of anilines is 1. The van der Waals surface area contributed by atoms with Gasteiger partial charge in [0.15, 0.2) is 0 Å². The number of hydrogen-bond acceptors (Lipinski definition) is 5. The van der Waals surface area contributed by atoms with Crippen molar-refractivity contribution in [2.75, 3.05) is 5.73 Å². The van der Waals surface area contributed by atoms with E-state index in [0.717, 1.165) is 23.8 Å². The highest BCUT2D eigenvalue weighted by Gasteiger charge is 2.26. The van der Waals surface area contributed by atoms with E-state index < -0.39 is 67.3 Å².